The summed E-state index contributed by atoms with van der Waals surface area (Å²) in [5.41, 5.74) is 1.78. The molecule has 6 heteroatoms. The SMILES string of the molecule is CCCc1ccc(-c2ccc(COC(CO)(COC(=O)C(C)(C)C)C(=O)OCC)cc2)cc1. The molecule has 0 saturated carbocycles. The van der Waals surface area contributed by atoms with Crippen molar-refractivity contribution in [3.8, 4) is 11.1 Å². The van der Waals surface area contributed by atoms with Gasteiger partial charge in [0.15, 0.2) is 0 Å². The van der Waals surface area contributed by atoms with E-state index >= 15 is 0 Å². The molecule has 0 aliphatic heterocycles. The lowest BCUT2D eigenvalue weighted by Gasteiger charge is -2.30. The largest absolute Gasteiger partial charge is 0.464 e. The number of hydrogen-bond donors (Lipinski definition) is 1. The molecular weight excluding hydrogens is 420 g/mol. The highest BCUT2D eigenvalue weighted by molar-refractivity contribution is 5.81. The highest BCUT2D eigenvalue weighted by atomic mass is 16.6. The van der Waals surface area contributed by atoms with E-state index in [2.05, 4.69) is 31.2 Å². The Morgan fingerprint density at radius 2 is 1.36 bits per heavy atom. The molecule has 0 spiro atoms. The van der Waals surface area contributed by atoms with Crippen molar-refractivity contribution < 1.29 is 28.9 Å². The Hall–Kier alpha value is -2.70. The van der Waals surface area contributed by atoms with E-state index in [0.29, 0.717) is 0 Å². The van der Waals surface area contributed by atoms with Crippen molar-refractivity contribution in [2.45, 2.75) is 59.7 Å². The summed E-state index contributed by atoms with van der Waals surface area (Å²) in [6.07, 6.45) is 2.18. The number of carbonyl (C=O) groups is 2. The van der Waals surface area contributed by atoms with Gasteiger partial charge in [-0.1, -0.05) is 61.9 Å². The molecule has 2 aromatic rings. The van der Waals surface area contributed by atoms with Crippen LogP contribution in [0.4, 0.5) is 0 Å². The quantitative estimate of drug-likeness (QED) is 0.493. The molecule has 1 unspecified atom stereocenters. The monoisotopic (exact) mass is 456 g/mol. The fourth-order valence-electron chi connectivity index (χ4n) is 3.14. The maximum absolute atomic E-state index is 12.6. The molecule has 0 saturated heterocycles. The minimum absolute atomic E-state index is 0.0438. The van der Waals surface area contributed by atoms with Gasteiger partial charge < -0.3 is 19.3 Å². The topological polar surface area (TPSA) is 82.1 Å². The molecule has 2 aromatic carbocycles. The summed E-state index contributed by atoms with van der Waals surface area (Å²) in [5, 5.41) is 10.0. The average Bonchev–Trinajstić information content (AvgIpc) is 2.80. The Morgan fingerprint density at radius 3 is 1.82 bits per heavy atom. The van der Waals surface area contributed by atoms with Gasteiger partial charge in [-0.3, -0.25) is 4.79 Å². The number of esters is 2. The zero-order valence-electron chi connectivity index (χ0n) is 20.3. The Labute approximate surface area is 196 Å². The molecule has 0 amide bonds. The fraction of sp³-hybridized carbons (Fsp3) is 0.481. The van der Waals surface area contributed by atoms with Crippen LogP contribution >= 0.6 is 0 Å². The maximum atomic E-state index is 12.6. The molecule has 0 radical (unpaired) electrons. The second-order valence-electron chi connectivity index (χ2n) is 9.13. The predicted molar refractivity (Wildman–Crippen MR) is 128 cm³/mol. The lowest BCUT2D eigenvalue weighted by Crippen LogP contribution is -2.51. The minimum atomic E-state index is -1.79. The molecule has 0 aliphatic rings. The highest BCUT2D eigenvalue weighted by Gasteiger charge is 2.43. The van der Waals surface area contributed by atoms with E-state index in [1.165, 1.54) is 5.56 Å². The first-order valence-electron chi connectivity index (χ1n) is 11.4. The van der Waals surface area contributed by atoms with Crippen LogP contribution in [0.15, 0.2) is 48.5 Å². The van der Waals surface area contributed by atoms with E-state index in [0.717, 1.165) is 29.5 Å². The molecule has 0 bridgehead atoms. The zero-order valence-corrected chi connectivity index (χ0v) is 20.3. The van der Waals surface area contributed by atoms with Crippen molar-refractivity contribution in [3.05, 3.63) is 59.7 Å². The first kappa shape index (κ1) is 26.6. The number of benzene rings is 2. The summed E-state index contributed by atoms with van der Waals surface area (Å²) in [6, 6.07) is 16.3. The normalized spacial score (nSPS) is 13.3. The maximum Gasteiger partial charge on any atom is 0.344 e. The Balaban J connectivity index is 2.12. The van der Waals surface area contributed by atoms with E-state index < -0.39 is 36.2 Å². The van der Waals surface area contributed by atoms with Gasteiger partial charge in [0, 0.05) is 0 Å². The van der Waals surface area contributed by atoms with Crippen LogP contribution in [0.3, 0.4) is 0 Å². The number of hydrogen-bond acceptors (Lipinski definition) is 6. The van der Waals surface area contributed by atoms with E-state index in [-0.39, 0.29) is 13.2 Å². The number of aliphatic hydroxyl groups is 1. The number of rotatable bonds is 11. The third kappa shape index (κ3) is 7.41. The van der Waals surface area contributed by atoms with Crippen LogP contribution in [0.2, 0.25) is 0 Å². The molecule has 33 heavy (non-hydrogen) atoms. The van der Waals surface area contributed by atoms with Gasteiger partial charge in [-0.15, -0.1) is 0 Å². The molecule has 0 heterocycles. The van der Waals surface area contributed by atoms with Gasteiger partial charge in [0.2, 0.25) is 5.60 Å². The van der Waals surface area contributed by atoms with Crippen LogP contribution in [0.25, 0.3) is 11.1 Å². The summed E-state index contributed by atoms with van der Waals surface area (Å²) in [7, 11) is 0. The molecular formula is C27H36O6. The summed E-state index contributed by atoms with van der Waals surface area (Å²) in [4.78, 5) is 24.8. The standard InChI is InChI=1S/C27H36O6/c1-6-8-20-9-13-22(14-10-20)23-15-11-21(12-16-23)17-33-27(18-28,25(30)31-7-2)19-32-24(29)26(3,4)5/h9-16,28H,6-8,17-19H2,1-5H3. The number of ether oxygens (including phenoxy) is 3. The van der Waals surface area contributed by atoms with E-state index in [1.54, 1.807) is 27.7 Å². The molecule has 2 rings (SSSR count). The number of aryl methyl sites for hydroxylation is 1. The summed E-state index contributed by atoms with van der Waals surface area (Å²) >= 11 is 0. The zero-order chi connectivity index (χ0) is 24.5. The molecule has 0 fully saturated rings. The van der Waals surface area contributed by atoms with E-state index in [1.807, 2.05) is 24.3 Å². The summed E-state index contributed by atoms with van der Waals surface area (Å²) < 4.78 is 16.2. The Morgan fingerprint density at radius 1 is 0.818 bits per heavy atom. The predicted octanol–water partition coefficient (Wildman–Crippen LogP) is 4.71. The molecule has 6 nitrogen and oxygen atoms in total. The minimum Gasteiger partial charge on any atom is -0.464 e. The van der Waals surface area contributed by atoms with E-state index in [9.17, 15) is 14.7 Å². The summed E-state index contributed by atoms with van der Waals surface area (Å²) in [6.45, 7) is 8.00. The van der Waals surface area contributed by atoms with Crippen LogP contribution < -0.4 is 0 Å². The molecule has 0 aliphatic carbocycles. The van der Waals surface area contributed by atoms with Crippen LogP contribution in [0, 0.1) is 5.41 Å². The van der Waals surface area contributed by atoms with Crippen molar-refractivity contribution in [2.75, 3.05) is 19.8 Å². The van der Waals surface area contributed by atoms with Crippen molar-refractivity contribution in [2.24, 2.45) is 5.41 Å². The third-order valence-electron chi connectivity index (χ3n) is 5.25. The smallest absolute Gasteiger partial charge is 0.344 e. The first-order chi connectivity index (χ1) is 15.6. The second kappa shape index (κ2) is 12.0. The number of aliphatic hydroxyl groups excluding tert-OH is 1. The van der Waals surface area contributed by atoms with Gasteiger partial charge in [0.05, 0.1) is 25.2 Å². The van der Waals surface area contributed by atoms with Crippen LogP contribution in [0.1, 0.15) is 52.2 Å². The van der Waals surface area contributed by atoms with E-state index in [4.69, 9.17) is 14.2 Å². The third-order valence-corrected chi connectivity index (χ3v) is 5.25. The van der Waals surface area contributed by atoms with Crippen molar-refractivity contribution >= 4 is 11.9 Å². The average molecular weight is 457 g/mol. The van der Waals surface area contributed by atoms with Crippen molar-refractivity contribution in [3.63, 3.8) is 0 Å². The van der Waals surface area contributed by atoms with Crippen LogP contribution in [0.5, 0.6) is 0 Å². The van der Waals surface area contributed by atoms with Gasteiger partial charge >= 0.3 is 11.9 Å². The van der Waals surface area contributed by atoms with Gasteiger partial charge in [-0.05, 0) is 56.4 Å². The number of carbonyl (C=O) groups excluding carboxylic acids is 2. The van der Waals surface area contributed by atoms with Gasteiger partial charge in [0.1, 0.15) is 6.61 Å². The molecule has 1 atom stereocenters. The van der Waals surface area contributed by atoms with Gasteiger partial charge in [-0.2, -0.15) is 0 Å². The Kier molecular flexibility index (Phi) is 9.62. The van der Waals surface area contributed by atoms with Gasteiger partial charge in [-0.25, -0.2) is 4.79 Å². The fourth-order valence-corrected chi connectivity index (χ4v) is 3.14. The van der Waals surface area contributed by atoms with Gasteiger partial charge in [0.25, 0.3) is 0 Å². The molecule has 1 N–H and O–H groups in total. The lowest BCUT2D eigenvalue weighted by atomic mass is 9.97. The van der Waals surface area contributed by atoms with Crippen LogP contribution in [-0.2, 0) is 36.8 Å². The lowest BCUT2D eigenvalue weighted by molar-refractivity contribution is -0.194. The van der Waals surface area contributed by atoms with Crippen molar-refractivity contribution in [1.29, 1.82) is 0 Å². The molecule has 0 aromatic heterocycles. The first-order valence-corrected chi connectivity index (χ1v) is 11.4. The Bertz CT molecular complexity index is 896. The summed E-state index contributed by atoms with van der Waals surface area (Å²) in [5.74, 6) is -1.26. The molecule has 180 valence electrons. The van der Waals surface area contributed by atoms with Crippen LogP contribution in [-0.4, -0.2) is 42.5 Å². The second-order valence-corrected chi connectivity index (χ2v) is 9.13. The highest BCUT2D eigenvalue weighted by Crippen LogP contribution is 2.24. The van der Waals surface area contributed by atoms with Crippen molar-refractivity contribution in [1.82, 2.24) is 0 Å².